The minimum atomic E-state index is -0.227. The third-order valence-electron chi connectivity index (χ3n) is 11.4. The highest BCUT2D eigenvalue weighted by Gasteiger charge is 2.63. The molecule has 204 valence electrons. The van der Waals surface area contributed by atoms with Crippen molar-refractivity contribution in [3.8, 4) is 0 Å². The Bertz CT molecular complexity index is 961. The van der Waals surface area contributed by atoms with Crippen molar-refractivity contribution in [2.24, 2.45) is 46.3 Å². The molecule has 0 aromatic heterocycles. The first kappa shape index (κ1) is 26.9. The summed E-state index contributed by atoms with van der Waals surface area (Å²) in [5.74, 6) is 2.75. The number of fused-ring (bicyclic) bond motifs is 5. The molecule has 1 N–H and O–H groups in total. The Labute approximate surface area is 222 Å². The van der Waals surface area contributed by atoms with Crippen LogP contribution in [0.5, 0.6) is 0 Å². The molecule has 5 heteroatoms. The van der Waals surface area contributed by atoms with E-state index >= 15 is 0 Å². The molecule has 1 aromatic carbocycles. The van der Waals surface area contributed by atoms with Crippen LogP contribution in [0, 0.1) is 46.3 Å². The number of ether oxygens (including phenoxy) is 2. The van der Waals surface area contributed by atoms with Crippen LogP contribution in [0.2, 0.25) is 0 Å². The van der Waals surface area contributed by atoms with Gasteiger partial charge in [-0.25, -0.2) is 0 Å². The van der Waals surface area contributed by atoms with Crippen molar-refractivity contribution >= 4 is 11.8 Å². The number of Topliss-reactive ketones (excluding diaryl/α,β-unsaturated/α-hetero) is 1. The van der Waals surface area contributed by atoms with Gasteiger partial charge in [0.2, 0.25) is 0 Å². The van der Waals surface area contributed by atoms with E-state index < -0.39 is 0 Å². The van der Waals surface area contributed by atoms with Crippen LogP contribution in [0.1, 0.15) is 90.5 Å². The molecule has 0 saturated heterocycles. The van der Waals surface area contributed by atoms with Crippen molar-refractivity contribution in [3.05, 3.63) is 35.9 Å². The number of hydrogen-bond donors (Lipinski definition) is 1. The van der Waals surface area contributed by atoms with Gasteiger partial charge in [0.25, 0.3) is 0 Å². The summed E-state index contributed by atoms with van der Waals surface area (Å²) in [4.78, 5) is 26.0. The quantitative estimate of drug-likeness (QED) is 0.252. The number of carbonyl (C=O) groups is 2. The second-order valence-electron chi connectivity index (χ2n) is 13.3. The lowest BCUT2D eigenvalue weighted by molar-refractivity contribution is -0.161. The molecule has 4 saturated carbocycles. The monoisotopic (exact) mass is 510 g/mol. The zero-order chi connectivity index (χ0) is 26.2. The lowest BCUT2D eigenvalue weighted by Gasteiger charge is -2.60. The maximum Gasteiger partial charge on any atom is 0.307 e. The molecule has 0 amide bonds. The van der Waals surface area contributed by atoms with Crippen LogP contribution in [-0.4, -0.2) is 29.8 Å². The van der Waals surface area contributed by atoms with Crippen molar-refractivity contribution in [2.75, 3.05) is 6.79 Å². The van der Waals surface area contributed by atoms with E-state index in [2.05, 4.69) is 20.8 Å². The molecule has 4 fully saturated rings. The number of ketones is 1. The number of esters is 1. The van der Waals surface area contributed by atoms with Gasteiger partial charge in [0.15, 0.2) is 6.79 Å². The average molecular weight is 511 g/mol. The van der Waals surface area contributed by atoms with Gasteiger partial charge in [-0.05, 0) is 97.3 Å². The second kappa shape index (κ2) is 10.8. The number of carbonyl (C=O) groups excluding carboxylic acids is 2. The number of aliphatic hydroxyl groups excluding tert-OH is 1. The molecule has 5 rings (SSSR count). The van der Waals surface area contributed by atoms with Crippen LogP contribution in [0.15, 0.2) is 30.3 Å². The summed E-state index contributed by atoms with van der Waals surface area (Å²) in [6.07, 6.45) is 9.06. The molecule has 4 aliphatic carbocycles. The first-order valence-electron chi connectivity index (χ1n) is 14.7. The topological polar surface area (TPSA) is 72.8 Å². The van der Waals surface area contributed by atoms with Crippen LogP contribution in [-0.2, 0) is 25.7 Å². The van der Waals surface area contributed by atoms with E-state index in [1.54, 1.807) is 0 Å². The van der Waals surface area contributed by atoms with Crippen LogP contribution >= 0.6 is 0 Å². The van der Waals surface area contributed by atoms with Crippen molar-refractivity contribution in [1.29, 1.82) is 0 Å². The average Bonchev–Trinajstić information content (AvgIpc) is 3.24. The molecule has 0 spiro atoms. The summed E-state index contributed by atoms with van der Waals surface area (Å²) < 4.78 is 10.8. The summed E-state index contributed by atoms with van der Waals surface area (Å²) in [6.45, 7) is 7.61. The van der Waals surface area contributed by atoms with E-state index in [4.69, 9.17) is 9.47 Å². The van der Waals surface area contributed by atoms with Gasteiger partial charge in [-0.3, -0.25) is 9.59 Å². The molecule has 1 aromatic rings. The molecule has 0 aliphatic heterocycles. The normalized spacial score (nSPS) is 39.8. The van der Waals surface area contributed by atoms with Gasteiger partial charge in [0.1, 0.15) is 5.78 Å². The summed E-state index contributed by atoms with van der Waals surface area (Å²) in [6, 6.07) is 9.88. The number of benzene rings is 1. The smallest absolute Gasteiger partial charge is 0.307 e. The fourth-order valence-electron chi connectivity index (χ4n) is 9.34. The minimum absolute atomic E-state index is 0.00665. The third-order valence-corrected chi connectivity index (χ3v) is 11.4. The molecular weight excluding hydrogens is 464 g/mol. The van der Waals surface area contributed by atoms with E-state index in [0.29, 0.717) is 54.8 Å². The molecule has 0 heterocycles. The predicted octanol–water partition coefficient (Wildman–Crippen LogP) is 6.32. The Morgan fingerprint density at radius 2 is 1.78 bits per heavy atom. The third kappa shape index (κ3) is 5.15. The van der Waals surface area contributed by atoms with Crippen molar-refractivity contribution in [3.63, 3.8) is 0 Å². The van der Waals surface area contributed by atoms with Crippen LogP contribution in [0.3, 0.4) is 0 Å². The Kier molecular flexibility index (Phi) is 7.85. The highest BCUT2D eigenvalue weighted by atomic mass is 16.7. The molecule has 9 atom stereocenters. The first-order valence-corrected chi connectivity index (χ1v) is 14.7. The Balaban J connectivity index is 1.14. The van der Waals surface area contributed by atoms with Gasteiger partial charge >= 0.3 is 5.97 Å². The fourth-order valence-corrected chi connectivity index (χ4v) is 9.34. The van der Waals surface area contributed by atoms with Crippen LogP contribution in [0.25, 0.3) is 0 Å². The van der Waals surface area contributed by atoms with Gasteiger partial charge in [0.05, 0.1) is 12.7 Å². The fraction of sp³-hybridized carbons (Fsp3) is 0.750. The SMILES string of the molecule is C[C@H](CCC(=O)OCOCc1ccccc1)[C@H]1CC[C@H]2[C@@H]3C(=O)C[C@@H]4C[C@H](O)CC[C@]4(C)[C@H]3CC[C@]12C. The second-order valence-corrected chi connectivity index (χ2v) is 13.3. The minimum Gasteiger partial charge on any atom is -0.438 e. The van der Waals surface area contributed by atoms with E-state index in [1.807, 2.05) is 30.3 Å². The molecule has 5 nitrogen and oxygen atoms in total. The summed E-state index contributed by atoms with van der Waals surface area (Å²) in [7, 11) is 0. The van der Waals surface area contributed by atoms with Crippen molar-refractivity contribution in [2.45, 2.75) is 97.7 Å². The standard InChI is InChI=1S/C32H46O5/c1-21(9-12-29(35)37-20-36-19-22-7-5-4-6-8-22)25-10-11-26-30-27(14-16-32(25,26)3)31(2)15-13-24(33)17-23(31)18-28(30)34/h4-8,21,23-27,30,33H,9-20H2,1-3H3/t21-,23+,24-,25-,26+,27+,30+,31+,32-/m1/s1. The van der Waals surface area contributed by atoms with Gasteiger partial charge in [-0.15, -0.1) is 0 Å². The highest BCUT2D eigenvalue weighted by molar-refractivity contribution is 5.83. The maximum atomic E-state index is 13.6. The lowest BCUT2D eigenvalue weighted by Crippen LogP contribution is -2.57. The van der Waals surface area contributed by atoms with E-state index in [0.717, 1.165) is 50.5 Å². The number of rotatable bonds is 8. The zero-order valence-corrected chi connectivity index (χ0v) is 23.0. The predicted molar refractivity (Wildman–Crippen MR) is 142 cm³/mol. The largest absolute Gasteiger partial charge is 0.438 e. The molecular formula is C32H46O5. The van der Waals surface area contributed by atoms with Crippen molar-refractivity contribution < 1.29 is 24.2 Å². The van der Waals surface area contributed by atoms with Crippen LogP contribution in [0.4, 0.5) is 0 Å². The lowest BCUT2D eigenvalue weighted by atomic mass is 9.44. The van der Waals surface area contributed by atoms with Gasteiger partial charge in [-0.1, -0.05) is 51.1 Å². The number of hydrogen-bond acceptors (Lipinski definition) is 5. The van der Waals surface area contributed by atoms with Gasteiger partial charge < -0.3 is 14.6 Å². The Hall–Kier alpha value is -1.72. The molecule has 0 unspecified atom stereocenters. The highest BCUT2D eigenvalue weighted by Crippen LogP contribution is 2.67. The zero-order valence-electron chi connectivity index (χ0n) is 23.0. The number of aliphatic hydroxyl groups is 1. The van der Waals surface area contributed by atoms with Gasteiger partial charge in [0, 0.05) is 18.8 Å². The maximum absolute atomic E-state index is 13.6. The molecule has 0 bridgehead atoms. The molecule has 4 aliphatic rings. The van der Waals surface area contributed by atoms with Crippen LogP contribution < -0.4 is 0 Å². The first-order chi connectivity index (χ1) is 17.7. The molecule has 37 heavy (non-hydrogen) atoms. The summed E-state index contributed by atoms with van der Waals surface area (Å²) in [5.41, 5.74) is 1.44. The van der Waals surface area contributed by atoms with Gasteiger partial charge in [-0.2, -0.15) is 0 Å². The van der Waals surface area contributed by atoms with E-state index in [9.17, 15) is 14.7 Å². The Morgan fingerprint density at radius 1 is 1.05 bits per heavy atom. The van der Waals surface area contributed by atoms with E-state index in [-0.39, 0.29) is 35.6 Å². The van der Waals surface area contributed by atoms with E-state index in [1.165, 1.54) is 6.42 Å². The molecule has 0 radical (unpaired) electrons. The summed E-state index contributed by atoms with van der Waals surface area (Å²) in [5, 5.41) is 10.3. The Morgan fingerprint density at radius 3 is 2.57 bits per heavy atom. The summed E-state index contributed by atoms with van der Waals surface area (Å²) >= 11 is 0. The van der Waals surface area contributed by atoms with Crippen molar-refractivity contribution in [1.82, 2.24) is 0 Å².